The molecule has 1 fully saturated rings. The van der Waals surface area contributed by atoms with Crippen molar-refractivity contribution in [3.05, 3.63) is 11.2 Å². The Balaban J connectivity index is 1.79. The van der Waals surface area contributed by atoms with E-state index in [9.17, 15) is 0 Å². The van der Waals surface area contributed by atoms with Crippen LogP contribution in [-0.2, 0) is 0 Å². The van der Waals surface area contributed by atoms with E-state index in [2.05, 4.69) is 34.3 Å². The first-order chi connectivity index (χ1) is 8.22. The fraction of sp³-hybridized carbons (Fsp3) is 0.545. The summed E-state index contributed by atoms with van der Waals surface area (Å²) >= 11 is 3.35. The van der Waals surface area contributed by atoms with E-state index in [4.69, 9.17) is 0 Å². The fourth-order valence-corrected chi connectivity index (χ4v) is 3.54. The molecule has 2 heterocycles. The number of thiazole rings is 1. The summed E-state index contributed by atoms with van der Waals surface area (Å²) in [6, 6.07) is 0.388. The predicted molar refractivity (Wildman–Crippen MR) is 71.8 cm³/mol. The molecule has 1 saturated carbocycles. The molecular formula is C11H14N4S2. The number of nitrogens with zero attached hydrogens (tertiary/aromatic N) is 3. The molecule has 1 aliphatic carbocycles. The van der Waals surface area contributed by atoms with Crippen LogP contribution in [-0.4, -0.2) is 21.2 Å². The first-order valence-electron chi connectivity index (χ1n) is 5.78. The summed E-state index contributed by atoms with van der Waals surface area (Å²) in [5.41, 5.74) is 0. The second kappa shape index (κ2) is 4.34. The summed E-state index contributed by atoms with van der Waals surface area (Å²) in [6.07, 6.45) is 4.52. The molecule has 90 valence electrons. The number of nitrogens with one attached hydrogen (secondary N) is 1. The third kappa shape index (κ3) is 2.47. The Morgan fingerprint density at radius 1 is 1.29 bits per heavy atom. The van der Waals surface area contributed by atoms with E-state index in [1.54, 1.807) is 22.7 Å². The number of anilines is 1. The van der Waals surface area contributed by atoms with Crippen LogP contribution in [0.5, 0.6) is 0 Å². The highest BCUT2D eigenvalue weighted by atomic mass is 32.1. The molecule has 1 N–H and O–H groups in total. The molecule has 0 spiro atoms. The normalized spacial score (nSPS) is 15.5. The van der Waals surface area contributed by atoms with Crippen LogP contribution in [0.25, 0.3) is 9.88 Å². The van der Waals surface area contributed by atoms with Crippen molar-refractivity contribution in [2.24, 2.45) is 0 Å². The molecule has 4 nitrogen and oxygen atoms in total. The smallest absolute Gasteiger partial charge is 0.206 e. The van der Waals surface area contributed by atoms with E-state index in [0.717, 1.165) is 20.9 Å². The van der Waals surface area contributed by atoms with Gasteiger partial charge in [0.05, 0.1) is 9.88 Å². The van der Waals surface area contributed by atoms with Crippen molar-refractivity contribution in [1.82, 2.24) is 15.2 Å². The maximum atomic E-state index is 4.46. The lowest BCUT2D eigenvalue weighted by Gasteiger charge is -2.02. The average molecular weight is 266 g/mol. The maximum absolute atomic E-state index is 4.46. The van der Waals surface area contributed by atoms with Crippen LogP contribution >= 0.6 is 22.7 Å². The van der Waals surface area contributed by atoms with Gasteiger partial charge in [-0.25, -0.2) is 4.98 Å². The zero-order chi connectivity index (χ0) is 11.8. The van der Waals surface area contributed by atoms with Gasteiger partial charge in [0.15, 0.2) is 5.01 Å². The molecule has 3 rings (SSSR count). The number of hydrogen-bond acceptors (Lipinski definition) is 6. The molecule has 2 aromatic rings. The second-order valence-electron chi connectivity index (χ2n) is 4.55. The van der Waals surface area contributed by atoms with Gasteiger partial charge in [-0.2, -0.15) is 0 Å². The van der Waals surface area contributed by atoms with Crippen molar-refractivity contribution in [2.75, 3.05) is 5.32 Å². The Morgan fingerprint density at radius 2 is 2.12 bits per heavy atom. The third-order valence-corrected chi connectivity index (χ3v) is 4.68. The van der Waals surface area contributed by atoms with Crippen molar-refractivity contribution < 1.29 is 0 Å². The Bertz CT molecular complexity index is 513. The zero-order valence-corrected chi connectivity index (χ0v) is 11.4. The van der Waals surface area contributed by atoms with Crippen molar-refractivity contribution >= 4 is 27.8 Å². The minimum absolute atomic E-state index is 0.388. The van der Waals surface area contributed by atoms with E-state index >= 15 is 0 Å². The quantitative estimate of drug-likeness (QED) is 0.922. The maximum Gasteiger partial charge on any atom is 0.206 e. The van der Waals surface area contributed by atoms with Gasteiger partial charge in [0, 0.05) is 18.2 Å². The van der Waals surface area contributed by atoms with Gasteiger partial charge in [0.25, 0.3) is 0 Å². The summed E-state index contributed by atoms with van der Waals surface area (Å²) < 4.78 is 0. The van der Waals surface area contributed by atoms with Crippen LogP contribution in [0.1, 0.15) is 37.6 Å². The van der Waals surface area contributed by atoms with Crippen molar-refractivity contribution in [1.29, 1.82) is 0 Å². The topological polar surface area (TPSA) is 50.7 Å². The lowest BCUT2D eigenvalue weighted by molar-refractivity contribution is 0.888. The Morgan fingerprint density at radius 3 is 2.82 bits per heavy atom. The van der Waals surface area contributed by atoms with Gasteiger partial charge in [-0.3, -0.25) is 0 Å². The van der Waals surface area contributed by atoms with Gasteiger partial charge >= 0.3 is 0 Å². The molecule has 0 unspecified atom stereocenters. The second-order valence-corrected chi connectivity index (χ2v) is 6.59. The summed E-state index contributed by atoms with van der Waals surface area (Å²) in [6.45, 7) is 4.19. The van der Waals surface area contributed by atoms with E-state index in [0.29, 0.717) is 6.04 Å². The van der Waals surface area contributed by atoms with Crippen LogP contribution in [0.3, 0.4) is 0 Å². The largest absolute Gasteiger partial charge is 0.358 e. The summed E-state index contributed by atoms with van der Waals surface area (Å²) in [4.78, 5) is 5.60. The molecule has 0 aliphatic heterocycles. The molecule has 17 heavy (non-hydrogen) atoms. The highest BCUT2D eigenvalue weighted by molar-refractivity contribution is 7.23. The minimum Gasteiger partial charge on any atom is -0.358 e. The van der Waals surface area contributed by atoms with Gasteiger partial charge in [-0.05, 0) is 26.7 Å². The first-order valence-corrected chi connectivity index (χ1v) is 7.42. The molecule has 0 amide bonds. The van der Waals surface area contributed by atoms with Crippen LogP contribution in [0.4, 0.5) is 5.13 Å². The van der Waals surface area contributed by atoms with E-state index in [-0.39, 0.29) is 0 Å². The van der Waals surface area contributed by atoms with Crippen molar-refractivity contribution in [3.63, 3.8) is 0 Å². The number of hydrogen-bond donors (Lipinski definition) is 1. The van der Waals surface area contributed by atoms with Crippen molar-refractivity contribution in [3.8, 4) is 9.88 Å². The molecule has 1 aliphatic rings. The Kier molecular flexibility index (Phi) is 2.84. The number of aromatic nitrogens is 3. The molecule has 2 aromatic heterocycles. The molecule has 0 atom stereocenters. The number of rotatable bonds is 4. The van der Waals surface area contributed by atoms with E-state index in [1.807, 2.05) is 6.20 Å². The molecular weight excluding hydrogens is 252 g/mol. The predicted octanol–water partition coefficient (Wildman–Crippen LogP) is 3.36. The molecule has 6 heteroatoms. The standard InChI is InChI=1S/C11H14N4S2/c1-6(2)13-11-15-14-10(17-11)8-5-12-9(16-8)7-3-4-7/h5-7H,3-4H2,1-2H3,(H,13,15). The Labute approximate surface area is 108 Å². The zero-order valence-electron chi connectivity index (χ0n) is 9.80. The SMILES string of the molecule is CC(C)Nc1nnc(-c2cnc(C3CC3)s2)s1. The van der Waals surface area contributed by atoms with Gasteiger partial charge in [-0.1, -0.05) is 11.3 Å². The van der Waals surface area contributed by atoms with Crippen molar-refractivity contribution in [2.45, 2.75) is 38.6 Å². The Hall–Kier alpha value is -1.01. The van der Waals surface area contributed by atoms with Gasteiger partial charge < -0.3 is 5.32 Å². The highest BCUT2D eigenvalue weighted by Crippen LogP contribution is 2.43. The van der Waals surface area contributed by atoms with Gasteiger partial charge in [0.1, 0.15) is 0 Å². The first kappa shape index (κ1) is 11.1. The summed E-state index contributed by atoms with van der Waals surface area (Å²) in [7, 11) is 0. The molecule has 0 aromatic carbocycles. The van der Waals surface area contributed by atoms with Crippen LogP contribution in [0, 0.1) is 0 Å². The van der Waals surface area contributed by atoms with Crippen LogP contribution < -0.4 is 5.32 Å². The van der Waals surface area contributed by atoms with Gasteiger partial charge in [-0.15, -0.1) is 21.5 Å². The summed E-state index contributed by atoms with van der Waals surface area (Å²) in [5.74, 6) is 0.718. The summed E-state index contributed by atoms with van der Waals surface area (Å²) in [5, 5.41) is 14.7. The van der Waals surface area contributed by atoms with Crippen LogP contribution in [0.15, 0.2) is 6.20 Å². The lowest BCUT2D eigenvalue weighted by Crippen LogP contribution is -2.08. The molecule has 0 saturated heterocycles. The highest BCUT2D eigenvalue weighted by Gasteiger charge is 2.27. The van der Waals surface area contributed by atoms with Gasteiger partial charge in [0.2, 0.25) is 5.13 Å². The third-order valence-electron chi connectivity index (χ3n) is 2.50. The lowest BCUT2D eigenvalue weighted by atomic mass is 10.4. The van der Waals surface area contributed by atoms with E-state index < -0.39 is 0 Å². The monoisotopic (exact) mass is 266 g/mol. The fourth-order valence-electron chi connectivity index (χ4n) is 1.53. The molecule has 0 radical (unpaired) electrons. The van der Waals surface area contributed by atoms with E-state index in [1.165, 1.54) is 17.8 Å². The van der Waals surface area contributed by atoms with Crippen LogP contribution in [0.2, 0.25) is 0 Å². The average Bonchev–Trinajstić information content (AvgIpc) is 2.84. The molecule has 0 bridgehead atoms. The minimum atomic E-state index is 0.388.